The van der Waals surface area contributed by atoms with E-state index < -0.39 is 0 Å². The van der Waals surface area contributed by atoms with E-state index in [9.17, 15) is 0 Å². The van der Waals surface area contributed by atoms with Gasteiger partial charge in [-0.1, -0.05) is 190 Å². The van der Waals surface area contributed by atoms with E-state index in [0.717, 1.165) is 33.1 Å². The molecule has 0 aliphatic heterocycles. The van der Waals surface area contributed by atoms with Crippen molar-refractivity contribution in [3.8, 4) is 55.6 Å². The lowest BCUT2D eigenvalue weighted by atomic mass is 9.82. The Balaban J connectivity index is 0.985. The second-order valence-corrected chi connectivity index (χ2v) is 16.4. The summed E-state index contributed by atoms with van der Waals surface area (Å²) in [6.07, 6.45) is 0. The zero-order valence-corrected chi connectivity index (χ0v) is 32.4. The molecule has 0 unspecified atom stereocenters. The monoisotopic (exact) mass is 738 g/mol. The fourth-order valence-electron chi connectivity index (χ4n) is 10.1. The maximum absolute atomic E-state index is 6.48. The van der Waals surface area contributed by atoms with Crippen molar-refractivity contribution < 1.29 is 4.42 Å². The van der Waals surface area contributed by atoms with Crippen molar-refractivity contribution in [2.24, 2.45) is 0 Å². The van der Waals surface area contributed by atoms with Crippen molar-refractivity contribution in [2.45, 2.75) is 19.3 Å². The van der Waals surface area contributed by atoms with Gasteiger partial charge >= 0.3 is 0 Å². The molecular weight excluding hydrogens is 701 g/mol. The Labute approximate surface area is 337 Å². The predicted octanol–water partition coefficient (Wildman–Crippen LogP) is 16.0. The van der Waals surface area contributed by atoms with Crippen LogP contribution in [0.2, 0.25) is 0 Å². The molecule has 10 aromatic carbocycles. The molecule has 0 atom stereocenters. The molecule has 272 valence electrons. The Morgan fingerprint density at radius 2 is 0.879 bits per heavy atom. The lowest BCUT2D eigenvalue weighted by molar-refractivity contribution is 0.661. The molecule has 1 aliphatic rings. The number of furan rings is 1. The summed E-state index contributed by atoms with van der Waals surface area (Å²) in [5.41, 5.74) is 17.0. The van der Waals surface area contributed by atoms with Crippen LogP contribution in [0.5, 0.6) is 0 Å². The van der Waals surface area contributed by atoms with E-state index in [1.165, 1.54) is 88.0 Å². The quantitative estimate of drug-likeness (QED) is 0.164. The van der Waals surface area contributed by atoms with Gasteiger partial charge in [0.15, 0.2) is 0 Å². The van der Waals surface area contributed by atoms with Crippen LogP contribution in [0.4, 0.5) is 0 Å². The summed E-state index contributed by atoms with van der Waals surface area (Å²) in [5.74, 6) is 0. The van der Waals surface area contributed by atoms with Gasteiger partial charge in [0.1, 0.15) is 11.2 Å². The fourth-order valence-corrected chi connectivity index (χ4v) is 10.1. The van der Waals surface area contributed by atoms with E-state index in [1.54, 1.807) is 0 Å². The van der Waals surface area contributed by atoms with Crippen molar-refractivity contribution in [1.29, 1.82) is 0 Å². The molecule has 58 heavy (non-hydrogen) atoms. The number of rotatable bonds is 4. The Morgan fingerprint density at radius 3 is 1.62 bits per heavy atom. The molecule has 12 rings (SSSR count). The minimum atomic E-state index is -0.0464. The van der Waals surface area contributed by atoms with Crippen molar-refractivity contribution in [1.82, 2.24) is 0 Å². The first-order chi connectivity index (χ1) is 28.5. The van der Waals surface area contributed by atoms with Gasteiger partial charge in [-0.05, 0) is 112 Å². The van der Waals surface area contributed by atoms with Gasteiger partial charge < -0.3 is 4.42 Å². The topological polar surface area (TPSA) is 13.1 Å². The van der Waals surface area contributed by atoms with Crippen molar-refractivity contribution in [3.05, 3.63) is 205 Å². The van der Waals surface area contributed by atoms with Crippen molar-refractivity contribution in [3.63, 3.8) is 0 Å². The van der Waals surface area contributed by atoms with Crippen LogP contribution >= 0.6 is 0 Å². The first kappa shape index (κ1) is 33.0. The van der Waals surface area contributed by atoms with E-state index >= 15 is 0 Å². The van der Waals surface area contributed by atoms with Crippen LogP contribution in [-0.2, 0) is 5.41 Å². The minimum absolute atomic E-state index is 0.0464. The Kier molecular flexibility index (Phi) is 7.04. The normalized spacial score (nSPS) is 13.1. The Bertz CT molecular complexity index is 3410. The highest BCUT2D eigenvalue weighted by atomic mass is 16.3. The van der Waals surface area contributed by atoms with E-state index in [0.29, 0.717) is 0 Å². The largest absolute Gasteiger partial charge is 0.455 e. The van der Waals surface area contributed by atoms with Crippen LogP contribution < -0.4 is 0 Å². The maximum atomic E-state index is 6.48. The highest BCUT2D eigenvalue weighted by molar-refractivity contribution is 6.21. The molecular formula is C57H38O. The molecule has 1 nitrogen and oxygen atoms in total. The molecule has 0 spiro atoms. The average Bonchev–Trinajstić information content (AvgIpc) is 3.77. The van der Waals surface area contributed by atoms with Gasteiger partial charge in [0.05, 0.1) is 0 Å². The molecule has 0 bridgehead atoms. The second kappa shape index (κ2) is 12.4. The molecule has 0 N–H and O–H groups in total. The smallest absolute Gasteiger partial charge is 0.143 e. The van der Waals surface area contributed by atoms with Gasteiger partial charge in [0.2, 0.25) is 0 Å². The third-order valence-corrected chi connectivity index (χ3v) is 12.9. The third-order valence-electron chi connectivity index (χ3n) is 12.9. The van der Waals surface area contributed by atoms with Crippen LogP contribution in [0.1, 0.15) is 25.0 Å². The molecule has 1 heteroatoms. The Hall–Kier alpha value is -7.22. The minimum Gasteiger partial charge on any atom is -0.455 e. The fraction of sp³-hybridized carbons (Fsp3) is 0.0526. The van der Waals surface area contributed by atoms with E-state index in [1.807, 2.05) is 6.07 Å². The zero-order chi connectivity index (χ0) is 38.5. The molecule has 1 aliphatic carbocycles. The zero-order valence-electron chi connectivity index (χ0n) is 32.4. The molecule has 0 saturated heterocycles. The van der Waals surface area contributed by atoms with Gasteiger partial charge in [-0.2, -0.15) is 0 Å². The van der Waals surface area contributed by atoms with E-state index in [2.05, 4.69) is 202 Å². The molecule has 0 radical (unpaired) electrons. The molecule has 1 heterocycles. The van der Waals surface area contributed by atoms with Gasteiger partial charge in [-0.25, -0.2) is 0 Å². The summed E-state index contributed by atoms with van der Waals surface area (Å²) in [7, 11) is 0. The lowest BCUT2D eigenvalue weighted by Gasteiger charge is -2.21. The van der Waals surface area contributed by atoms with E-state index in [-0.39, 0.29) is 5.41 Å². The Morgan fingerprint density at radius 1 is 0.328 bits per heavy atom. The maximum Gasteiger partial charge on any atom is 0.143 e. The van der Waals surface area contributed by atoms with Gasteiger partial charge in [-0.15, -0.1) is 0 Å². The molecule has 0 amide bonds. The summed E-state index contributed by atoms with van der Waals surface area (Å²) >= 11 is 0. The van der Waals surface area contributed by atoms with Crippen LogP contribution in [0.3, 0.4) is 0 Å². The van der Waals surface area contributed by atoms with Crippen LogP contribution in [0, 0.1) is 0 Å². The molecule has 11 aromatic rings. The highest BCUT2D eigenvalue weighted by Gasteiger charge is 2.36. The number of para-hydroxylation sites is 2. The number of fused-ring (bicyclic) bond motifs is 10. The molecule has 1 aromatic heterocycles. The summed E-state index contributed by atoms with van der Waals surface area (Å²) in [6, 6.07) is 71.4. The van der Waals surface area contributed by atoms with Crippen molar-refractivity contribution in [2.75, 3.05) is 0 Å². The standard InChI is InChI=1S/C57H38O/c1-57(2)50-31-30-38(34-49(50)55-41-16-4-3-13-36(41)29-32-51(55)57)35-25-27-37(28-26-35)53-44-18-5-7-20-46(44)54(47-21-8-6-19-45(47)53)40-15-11-14-39(33-40)42-22-12-23-48-43-17-9-10-24-52(43)58-56(42)48/h3-34H,1-2H3. The second-order valence-electron chi connectivity index (χ2n) is 16.4. The number of benzene rings is 10. The summed E-state index contributed by atoms with van der Waals surface area (Å²) in [5, 5.41) is 9.89. The summed E-state index contributed by atoms with van der Waals surface area (Å²) in [4.78, 5) is 0. The molecule has 0 saturated carbocycles. The van der Waals surface area contributed by atoms with Crippen LogP contribution in [0.25, 0.3) is 110 Å². The predicted molar refractivity (Wildman–Crippen MR) is 246 cm³/mol. The highest BCUT2D eigenvalue weighted by Crippen LogP contribution is 2.52. The first-order valence-corrected chi connectivity index (χ1v) is 20.3. The van der Waals surface area contributed by atoms with Gasteiger partial charge in [-0.3, -0.25) is 0 Å². The van der Waals surface area contributed by atoms with Crippen LogP contribution in [0.15, 0.2) is 199 Å². The van der Waals surface area contributed by atoms with Gasteiger partial charge in [0.25, 0.3) is 0 Å². The summed E-state index contributed by atoms with van der Waals surface area (Å²) in [6.45, 7) is 4.72. The van der Waals surface area contributed by atoms with Gasteiger partial charge in [0, 0.05) is 21.8 Å². The average molecular weight is 739 g/mol. The third kappa shape index (κ3) is 4.77. The molecule has 0 fully saturated rings. The SMILES string of the molecule is CC1(C)c2ccc(-c3ccc(-c4c5ccccc5c(-c5cccc(-c6cccc7c6oc6ccccc67)c5)c5ccccc45)cc3)cc2-c2c1ccc1ccccc21. The summed E-state index contributed by atoms with van der Waals surface area (Å²) < 4.78 is 6.48. The van der Waals surface area contributed by atoms with Crippen molar-refractivity contribution >= 4 is 54.3 Å². The lowest BCUT2D eigenvalue weighted by Crippen LogP contribution is -2.14. The first-order valence-electron chi connectivity index (χ1n) is 20.3. The van der Waals surface area contributed by atoms with E-state index in [4.69, 9.17) is 4.42 Å². The number of hydrogen-bond donors (Lipinski definition) is 0. The number of hydrogen-bond acceptors (Lipinski definition) is 1. The van der Waals surface area contributed by atoms with Crippen LogP contribution in [-0.4, -0.2) is 0 Å².